The van der Waals surface area contributed by atoms with Crippen molar-refractivity contribution in [1.29, 1.82) is 0 Å². The highest BCUT2D eigenvalue weighted by Gasteiger charge is 2.34. The molecule has 9 nitrogen and oxygen atoms in total. The minimum atomic E-state index is -1.28. The number of nitrogens with zero attached hydrogens (tertiary/aromatic N) is 3. The summed E-state index contributed by atoms with van der Waals surface area (Å²) in [6, 6.07) is 1.74. The first-order valence-electron chi connectivity index (χ1n) is 8.58. The number of aryl methyl sites for hydroxylation is 2. The van der Waals surface area contributed by atoms with Crippen LogP contribution in [0.3, 0.4) is 0 Å². The smallest absolute Gasteiger partial charge is 0.341 e. The van der Waals surface area contributed by atoms with E-state index >= 15 is 0 Å². The monoisotopic (exact) mass is 399 g/mol. The number of carboxylic acids is 1. The zero-order valence-electron chi connectivity index (χ0n) is 15.1. The van der Waals surface area contributed by atoms with Crippen LogP contribution in [0.1, 0.15) is 20.8 Å². The van der Waals surface area contributed by atoms with Crippen molar-refractivity contribution in [2.45, 2.75) is 13.8 Å². The number of carboxylic acid groups (broad SMARTS) is 1. The number of hydrogen-bond donors (Lipinski definition) is 3. The van der Waals surface area contributed by atoms with Crippen LogP contribution in [0, 0.1) is 19.8 Å². The van der Waals surface area contributed by atoms with E-state index < -0.39 is 11.4 Å². The fourth-order valence-corrected chi connectivity index (χ4v) is 3.83. The van der Waals surface area contributed by atoms with Gasteiger partial charge in [-0.2, -0.15) is 0 Å². The van der Waals surface area contributed by atoms with Crippen LogP contribution in [0.15, 0.2) is 23.3 Å². The zero-order valence-corrected chi connectivity index (χ0v) is 16.0. The summed E-state index contributed by atoms with van der Waals surface area (Å²) in [6.07, 6.45) is 2.87. The van der Waals surface area contributed by atoms with Gasteiger partial charge in [-0.1, -0.05) is 0 Å². The molecule has 3 N–H and O–H groups in total. The first-order valence-corrected chi connectivity index (χ1v) is 9.39. The van der Waals surface area contributed by atoms with E-state index in [1.165, 1.54) is 11.3 Å². The van der Waals surface area contributed by atoms with Gasteiger partial charge in [-0.25, -0.2) is 14.8 Å². The number of H-pyrrole nitrogens is 1. The van der Waals surface area contributed by atoms with Crippen LogP contribution >= 0.6 is 11.3 Å². The predicted molar refractivity (Wildman–Crippen MR) is 105 cm³/mol. The van der Waals surface area contributed by atoms with Crippen molar-refractivity contribution < 1.29 is 14.7 Å². The van der Waals surface area contributed by atoms with E-state index in [-0.39, 0.29) is 22.8 Å². The lowest BCUT2D eigenvalue weighted by Gasteiger charge is -2.39. The summed E-state index contributed by atoms with van der Waals surface area (Å²) in [4.78, 5) is 50.1. The van der Waals surface area contributed by atoms with E-state index in [9.17, 15) is 14.4 Å². The van der Waals surface area contributed by atoms with Crippen molar-refractivity contribution in [3.05, 3.63) is 44.7 Å². The third-order valence-electron chi connectivity index (χ3n) is 4.69. The molecule has 1 saturated heterocycles. The van der Waals surface area contributed by atoms with E-state index in [1.54, 1.807) is 19.2 Å². The molecule has 0 aromatic carbocycles. The van der Waals surface area contributed by atoms with Crippen molar-refractivity contribution in [3.63, 3.8) is 0 Å². The second kappa shape index (κ2) is 6.71. The van der Waals surface area contributed by atoms with Crippen LogP contribution in [0.25, 0.3) is 11.0 Å². The second-order valence-corrected chi connectivity index (χ2v) is 7.96. The highest BCUT2D eigenvalue weighted by atomic mass is 32.1. The topological polar surface area (TPSA) is 128 Å². The van der Waals surface area contributed by atoms with Crippen LogP contribution in [-0.4, -0.2) is 45.0 Å². The fourth-order valence-electron chi connectivity index (χ4n) is 3.16. The van der Waals surface area contributed by atoms with Gasteiger partial charge in [0.05, 0.1) is 11.3 Å². The van der Waals surface area contributed by atoms with Gasteiger partial charge in [0, 0.05) is 30.4 Å². The number of thiazole rings is 1. The average molecular weight is 399 g/mol. The molecule has 0 unspecified atom stereocenters. The summed E-state index contributed by atoms with van der Waals surface area (Å²) in [6.45, 7) is 4.68. The SMILES string of the molecule is Cc1cnc(NC(=O)C2CN(c3cc(C)c4c(=O)c(C(=O)O)c[nH]c4n3)C2)s1. The fraction of sp³-hybridized carbons (Fsp3) is 0.278. The van der Waals surface area contributed by atoms with Crippen LogP contribution in [0.4, 0.5) is 10.9 Å². The van der Waals surface area contributed by atoms with E-state index in [0.717, 1.165) is 11.1 Å². The molecule has 1 amide bonds. The quantitative estimate of drug-likeness (QED) is 0.610. The van der Waals surface area contributed by atoms with Gasteiger partial charge >= 0.3 is 5.97 Å². The maximum Gasteiger partial charge on any atom is 0.341 e. The molecule has 3 aromatic heterocycles. The van der Waals surface area contributed by atoms with Gasteiger partial charge < -0.3 is 20.3 Å². The van der Waals surface area contributed by atoms with Gasteiger partial charge in [0.15, 0.2) is 5.13 Å². The van der Waals surface area contributed by atoms with Crippen molar-refractivity contribution in [1.82, 2.24) is 15.0 Å². The number of aromatic nitrogens is 3. The number of aromatic amines is 1. The van der Waals surface area contributed by atoms with Crippen molar-refractivity contribution >= 4 is 45.2 Å². The van der Waals surface area contributed by atoms with Gasteiger partial charge in [0.25, 0.3) is 0 Å². The zero-order chi connectivity index (χ0) is 20.0. The van der Waals surface area contributed by atoms with E-state index in [2.05, 4.69) is 20.3 Å². The maximum absolute atomic E-state index is 12.4. The number of fused-ring (bicyclic) bond motifs is 1. The van der Waals surface area contributed by atoms with Gasteiger partial charge in [-0.15, -0.1) is 11.3 Å². The molecule has 4 rings (SSSR count). The molecule has 0 aliphatic carbocycles. The second-order valence-electron chi connectivity index (χ2n) is 6.72. The molecule has 4 heterocycles. The Hall–Kier alpha value is -3.27. The minimum absolute atomic E-state index is 0.0809. The molecule has 1 aliphatic heterocycles. The van der Waals surface area contributed by atoms with Crippen molar-refractivity contribution in [2.75, 3.05) is 23.3 Å². The number of nitrogens with one attached hydrogen (secondary N) is 2. The molecule has 0 spiro atoms. The number of pyridine rings is 2. The Balaban J connectivity index is 1.52. The highest BCUT2D eigenvalue weighted by molar-refractivity contribution is 7.15. The third kappa shape index (κ3) is 3.11. The van der Waals surface area contributed by atoms with Crippen LogP contribution in [0.5, 0.6) is 0 Å². The molecule has 28 heavy (non-hydrogen) atoms. The predicted octanol–water partition coefficient (Wildman–Crippen LogP) is 1.77. The Labute approximate surface area is 163 Å². The van der Waals surface area contributed by atoms with Gasteiger partial charge in [0.2, 0.25) is 11.3 Å². The van der Waals surface area contributed by atoms with E-state index in [4.69, 9.17) is 5.11 Å². The standard InChI is InChI=1S/C18H17N5O4S/c1-8-3-12(21-15-13(8)14(24)11(5-19-15)17(26)27)23-6-10(7-23)16(25)22-18-20-4-9(2)28-18/h3-5,10H,6-7H2,1-2H3,(H,26,27)(H,19,21,24)(H,20,22,25). The van der Waals surface area contributed by atoms with Gasteiger partial charge in [-0.05, 0) is 25.5 Å². The molecule has 0 radical (unpaired) electrons. The molecule has 0 bridgehead atoms. The summed E-state index contributed by atoms with van der Waals surface area (Å²) >= 11 is 1.43. The lowest BCUT2D eigenvalue weighted by atomic mass is 9.99. The number of hydrogen-bond acceptors (Lipinski definition) is 7. The Morgan fingerprint density at radius 1 is 1.36 bits per heavy atom. The molecule has 3 aromatic rings. The molecule has 144 valence electrons. The number of carbonyl (C=O) groups excluding carboxylic acids is 1. The largest absolute Gasteiger partial charge is 0.477 e. The maximum atomic E-state index is 12.4. The summed E-state index contributed by atoms with van der Waals surface area (Å²) in [5, 5.41) is 12.8. The minimum Gasteiger partial charge on any atom is -0.477 e. The summed E-state index contributed by atoms with van der Waals surface area (Å²) < 4.78 is 0. The number of carbonyl (C=O) groups is 2. The number of amides is 1. The Bertz CT molecular complexity index is 1160. The number of rotatable bonds is 4. The number of aromatic carboxylic acids is 1. The molecule has 1 fully saturated rings. The molecule has 10 heteroatoms. The van der Waals surface area contributed by atoms with Crippen LogP contribution < -0.4 is 15.6 Å². The van der Waals surface area contributed by atoms with Gasteiger partial charge in [-0.3, -0.25) is 9.59 Å². The Morgan fingerprint density at radius 3 is 2.75 bits per heavy atom. The van der Waals surface area contributed by atoms with E-state index in [0.29, 0.717) is 35.2 Å². The molecule has 0 atom stereocenters. The summed E-state index contributed by atoms with van der Waals surface area (Å²) in [5.41, 5.74) is 0.0901. The van der Waals surface area contributed by atoms with Crippen LogP contribution in [0.2, 0.25) is 0 Å². The van der Waals surface area contributed by atoms with Crippen LogP contribution in [-0.2, 0) is 4.79 Å². The first kappa shape index (κ1) is 18.1. The molecular weight excluding hydrogens is 382 g/mol. The van der Waals surface area contributed by atoms with Crippen molar-refractivity contribution in [2.24, 2.45) is 5.92 Å². The highest BCUT2D eigenvalue weighted by Crippen LogP contribution is 2.27. The number of anilines is 2. The average Bonchev–Trinajstić information content (AvgIpc) is 2.97. The Morgan fingerprint density at radius 2 is 2.11 bits per heavy atom. The lowest BCUT2D eigenvalue weighted by molar-refractivity contribution is -0.120. The molecular formula is C18H17N5O4S. The van der Waals surface area contributed by atoms with E-state index in [1.807, 2.05) is 11.8 Å². The Kier molecular flexibility index (Phi) is 4.34. The molecule has 0 saturated carbocycles. The lowest BCUT2D eigenvalue weighted by Crippen LogP contribution is -2.52. The first-order chi connectivity index (χ1) is 13.3. The molecule has 1 aliphatic rings. The summed E-state index contributed by atoms with van der Waals surface area (Å²) in [5.74, 6) is -0.894. The van der Waals surface area contributed by atoms with Crippen molar-refractivity contribution in [3.8, 4) is 0 Å². The summed E-state index contributed by atoms with van der Waals surface area (Å²) in [7, 11) is 0. The third-order valence-corrected chi connectivity index (χ3v) is 5.51. The van der Waals surface area contributed by atoms with Gasteiger partial charge in [0.1, 0.15) is 17.0 Å². The normalized spacial score (nSPS) is 14.1.